The lowest BCUT2D eigenvalue weighted by Crippen LogP contribution is -1.91. The second-order valence-electron chi connectivity index (χ2n) is 4.52. The van der Waals surface area contributed by atoms with E-state index in [4.69, 9.17) is 0 Å². The van der Waals surface area contributed by atoms with Crippen molar-refractivity contribution in [3.05, 3.63) is 65.8 Å². The first-order chi connectivity index (χ1) is 8.45. The van der Waals surface area contributed by atoms with Crippen LogP contribution < -0.4 is 0 Å². The van der Waals surface area contributed by atoms with Gasteiger partial charge in [0.2, 0.25) is 0 Å². The molecule has 0 atom stereocenters. The van der Waals surface area contributed by atoms with Gasteiger partial charge in [-0.2, -0.15) is 0 Å². The molecule has 4 rings (SSSR count). The van der Waals surface area contributed by atoms with Gasteiger partial charge in [0.1, 0.15) is 0 Å². The summed E-state index contributed by atoms with van der Waals surface area (Å²) in [5.74, 6) is 0. The summed E-state index contributed by atoms with van der Waals surface area (Å²) in [7, 11) is 0. The number of benzene rings is 2. The van der Waals surface area contributed by atoms with Crippen molar-refractivity contribution in [1.82, 2.24) is 0 Å². The molecular weight excluding hydrogens is 204 g/mol. The highest BCUT2D eigenvalue weighted by atomic mass is 14.1. The molecule has 2 aliphatic carbocycles. The van der Waals surface area contributed by atoms with Gasteiger partial charge < -0.3 is 0 Å². The average molecular weight is 220 g/mol. The fraction of sp³-hybridized carbons (Fsp3) is 0.176. The molecule has 0 saturated carbocycles. The van der Waals surface area contributed by atoms with E-state index >= 15 is 0 Å². The lowest BCUT2D eigenvalue weighted by molar-refractivity contribution is 0.962. The predicted octanol–water partition coefficient (Wildman–Crippen LogP) is 4.75. The van der Waals surface area contributed by atoms with E-state index in [1.54, 1.807) is 0 Å². The summed E-state index contributed by atoms with van der Waals surface area (Å²) in [6.07, 6.45) is 12.5. The third kappa shape index (κ3) is 2.03. The minimum absolute atomic E-state index is 1.08. The van der Waals surface area contributed by atoms with E-state index in [-0.39, 0.29) is 0 Å². The minimum Gasteiger partial charge on any atom is -0.0882 e. The molecular formula is C17H16. The zero-order valence-corrected chi connectivity index (χ0v) is 9.89. The van der Waals surface area contributed by atoms with Gasteiger partial charge in [0.05, 0.1) is 0 Å². The number of allylic oxidation sites excluding steroid dienone is 3. The monoisotopic (exact) mass is 220 g/mol. The second-order valence-corrected chi connectivity index (χ2v) is 4.52. The van der Waals surface area contributed by atoms with Crippen LogP contribution >= 0.6 is 0 Å². The van der Waals surface area contributed by atoms with Crippen molar-refractivity contribution in [3.8, 4) is 0 Å². The number of hydrogen-bond acceptors (Lipinski definition) is 0. The molecule has 0 aliphatic heterocycles. The van der Waals surface area contributed by atoms with E-state index in [1.807, 2.05) is 0 Å². The van der Waals surface area contributed by atoms with Gasteiger partial charge in [-0.3, -0.25) is 0 Å². The molecule has 0 N–H and O–H groups in total. The minimum atomic E-state index is 1.08. The van der Waals surface area contributed by atoms with Gasteiger partial charge in [0.25, 0.3) is 0 Å². The predicted molar refractivity (Wildman–Crippen MR) is 75.1 cm³/mol. The first kappa shape index (κ1) is 10.3. The second kappa shape index (κ2) is 4.58. The fourth-order valence-electron chi connectivity index (χ4n) is 2.24. The largest absolute Gasteiger partial charge is 0.0882 e. The molecule has 0 unspecified atom stereocenters. The summed E-state index contributed by atoms with van der Waals surface area (Å²) >= 11 is 0. The van der Waals surface area contributed by atoms with Crippen LogP contribution in [0.5, 0.6) is 0 Å². The van der Waals surface area contributed by atoms with E-state index < -0.39 is 0 Å². The molecule has 84 valence electrons. The molecule has 0 radical (unpaired) electrons. The molecule has 0 bridgehead atoms. The van der Waals surface area contributed by atoms with Crippen LogP contribution in [0.4, 0.5) is 0 Å². The maximum atomic E-state index is 2.23. The molecule has 0 heterocycles. The Morgan fingerprint density at radius 3 is 2.18 bits per heavy atom. The standard InChI is InChI=1S/C13H10.C4H6/c1-4-10-6-2-8-12-9-3-7-11(5-1)13(10)12;1-2-4-3-1/h1-8H,9H2;1-2H,3-4H2. The van der Waals surface area contributed by atoms with E-state index in [0.29, 0.717) is 0 Å². The van der Waals surface area contributed by atoms with E-state index in [1.165, 1.54) is 34.7 Å². The lowest BCUT2D eigenvalue weighted by Gasteiger charge is -2.11. The summed E-state index contributed by atoms with van der Waals surface area (Å²) in [6.45, 7) is 0. The Labute approximate surface area is 102 Å². The molecule has 0 aromatic heterocycles. The molecule has 0 heteroatoms. The Hall–Kier alpha value is -1.82. The summed E-state index contributed by atoms with van der Waals surface area (Å²) in [6, 6.07) is 13.0. The maximum Gasteiger partial charge on any atom is -0.00763 e. The van der Waals surface area contributed by atoms with Crippen molar-refractivity contribution in [2.45, 2.75) is 19.3 Å². The third-order valence-electron chi connectivity index (χ3n) is 3.33. The Morgan fingerprint density at radius 1 is 0.765 bits per heavy atom. The molecule has 17 heavy (non-hydrogen) atoms. The molecule has 0 spiro atoms. The molecule has 0 nitrogen and oxygen atoms in total. The molecule has 0 amide bonds. The SMILES string of the molecule is C1=CCC1.C1=Cc2cccc3cccc(c23)C1. The summed E-state index contributed by atoms with van der Waals surface area (Å²) in [5, 5.41) is 2.80. The van der Waals surface area contributed by atoms with Crippen LogP contribution in [0.3, 0.4) is 0 Å². The van der Waals surface area contributed by atoms with E-state index in [9.17, 15) is 0 Å². The zero-order valence-electron chi connectivity index (χ0n) is 9.89. The molecule has 0 saturated heterocycles. The van der Waals surface area contributed by atoms with Crippen LogP contribution in [0.25, 0.3) is 16.8 Å². The molecule has 0 fully saturated rings. The molecule has 2 aliphatic rings. The average Bonchev–Trinajstić information content (AvgIpc) is 2.28. The van der Waals surface area contributed by atoms with Crippen molar-refractivity contribution in [2.24, 2.45) is 0 Å². The van der Waals surface area contributed by atoms with Crippen LogP contribution in [0, 0.1) is 0 Å². The number of hydrogen-bond donors (Lipinski definition) is 0. The smallest absolute Gasteiger partial charge is 0.00763 e. The van der Waals surface area contributed by atoms with Crippen LogP contribution in [-0.4, -0.2) is 0 Å². The van der Waals surface area contributed by atoms with Crippen LogP contribution in [0.2, 0.25) is 0 Å². The van der Waals surface area contributed by atoms with E-state index in [0.717, 1.165) is 6.42 Å². The Bertz CT molecular complexity index is 577. The van der Waals surface area contributed by atoms with Gasteiger partial charge in [-0.05, 0) is 41.2 Å². The van der Waals surface area contributed by atoms with Crippen molar-refractivity contribution in [1.29, 1.82) is 0 Å². The zero-order chi connectivity index (χ0) is 11.5. The molecule has 2 aromatic rings. The van der Waals surface area contributed by atoms with Gasteiger partial charge >= 0.3 is 0 Å². The molecule has 2 aromatic carbocycles. The first-order valence-corrected chi connectivity index (χ1v) is 6.27. The highest BCUT2D eigenvalue weighted by molar-refractivity contribution is 5.94. The summed E-state index contributed by atoms with van der Waals surface area (Å²) < 4.78 is 0. The third-order valence-corrected chi connectivity index (χ3v) is 3.33. The van der Waals surface area contributed by atoms with Gasteiger partial charge in [0.15, 0.2) is 0 Å². The van der Waals surface area contributed by atoms with Crippen LogP contribution in [0.15, 0.2) is 54.6 Å². The maximum absolute atomic E-state index is 2.23. The van der Waals surface area contributed by atoms with Gasteiger partial charge in [0, 0.05) is 0 Å². The van der Waals surface area contributed by atoms with Crippen molar-refractivity contribution in [3.63, 3.8) is 0 Å². The quantitative estimate of drug-likeness (QED) is 0.562. The first-order valence-electron chi connectivity index (χ1n) is 6.27. The number of rotatable bonds is 0. The fourth-order valence-corrected chi connectivity index (χ4v) is 2.24. The highest BCUT2D eigenvalue weighted by Gasteiger charge is 2.06. The van der Waals surface area contributed by atoms with Gasteiger partial charge in [-0.1, -0.05) is 60.7 Å². The Morgan fingerprint density at radius 2 is 1.47 bits per heavy atom. The van der Waals surface area contributed by atoms with Crippen molar-refractivity contribution < 1.29 is 0 Å². The lowest BCUT2D eigenvalue weighted by atomic mass is 9.93. The van der Waals surface area contributed by atoms with Crippen LogP contribution in [0.1, 0.15) is 24.0 Å². The topological polar surface area (TPSA) is 0 Å². The Kier molecular flexibility index (Phi) is 2.79. The summed E-state index contributed by atoms with van der Waals surface area (Å²) in [5.41, 5.74) is 2.81. The van der Waals surface area contributed by atoms with Crippen molar-refractivity contribution >= 4 is 16.8 Å². The van der Waals surface area contributed by atoms with Crippen molar-refractivity contribution in [2.75, 3.05) is 0 Å². The highest BCUT2D eigenvalue weighted by Crippen LogP contribution is 2.27. The van der Waals surface area contributed by atoms with E-state index in [2.05, 4.69) is 60.7 Å². The summed E-state index contributed by atoms with van der Waals surface area (Å²) in [4.78, 5) is 0. The Balaban J connectivity index is 0.000000193. The van der Waals surface area contributed by atoms with Gasteiger partial charge in [-0.15, -0.1) is 0 Å². The van der Waals surface area contributed by atoms with Crippen LogP contribution in [-0.2, 0) is 6.42 Å². The normalized spacial score (nSPS) is 15.1. The van der Waals surface area contributed by atoms with Gasteiger partial charge in [-0.25, -0.2) is 0 Å².